The van der Waals surface area contributed by atoms with E-state index in [1.807, 2.05) is 95.6 Å². The SMILES string of the molecule is Cc1cccc(CN2CC(C(=O)N(Cc3ccccc3)c3ccccc3)CC2=O)c1. The second kappa shape index (κ2) is 8.95. The Hall–Kier alpha value is -3.40. The molecule has 1 fully saturated rings. The van der Waals surface area contributed by atoms with Crippen molar-refractivity contribution in [3.8, 4) is 0 Å². The largest absolute Gasteiger partial charge is 0.338 e. The number of amides is 2. The van der Waals surface area contributed by atoms with Crippen LogP contribution in [0, 0.1) is 12.8 Å². The molecular formula is C26H26N2O2. The van der Waals surface area contributed by atoms with Crippen molar-refractivity contribution >= 4 is 17.5 Å². The van der Waals surface area contributed by atoms with Crippen molar-refractivity contribution < 1.29 is 9.59 Å². The Morgan fingerprint density at radius 1 is 0.933 bits per heavy atom. The molecule has 1 atom stereocenters. The van der Waals surface area contributed by atoms with Gasteiger partial charge >= 0.3 is 0 Å². The lowest BCUT2D eigenvalue weighted by atomic mass is 10.1. The summed E-state index contributed by atoms with van der Waals surface area (Å²) in [5, 5.41) is 0. The Morgan fingerprint density at radius 2 is 1.60 bits per heavy atom. The van der Waals surface area contributed by atoms with Crippen molar-refractivity contribution in [3.05, 3.63) is 102 Å². The first-order valence-corrected chi connectivity index (χ1v) is 10.3. The van der Waals surface area contributed by atoms with Gasteiger partial charge in [0.05, 0.1) is 12.5 Å². The molecule has 0 N–H and O–H groups in total. The molecule has 4 heteroatoms. The van der Waals surface area contributed by atoms with Gasteiger partial charge in [0.1, 0.15) is 0 Å². The molecule has 0 saturated carbocycles. The molecule has 0 spiro atoms. The van der Waals surface area contributed by atoms with Crippen LogP contribution in [-0.2, 0) is 22.7 Å². The number of likely N-dealkylation sites (tertiary alicyclic amines) is 1. The number of para-hydroxylation sites is 1. The Kier molecular flexibility index (Phi) is 5.94. The van der Waals surface area contributed by atoms with Crippen LogP contribution >= 0.6 is 0 Å². The highest BCUT2D eigenvalue weighted by molar-refractivity contribution is 5.99. The first-order chi connectivity index (χ1) is 14.6. The zero-order valence-electron chi connectivity index (χ0n) is 17.2. The summed E-state index contributed by atoms with van der Waals surface area (Å²) in [6, 6.07) is 27.8. The van der Waals surface area contributed by atoms with E-state index >= 15 is 0 Å². The van der Waals surface area contributed by atoms with Crippen molar-refractivity contribution in [1.29, 1.82) is 0 Å². The van der Waals surface area contributed by atoms with Crippen LogP contribution in [0.2, 0.25) is 0 Å². The summed E-state index contributed by atoms with van der Waals surface area (Å²) in [6.07, 6.45) is 0.267. The molecule has 3 aromatic rings. The average Bonchev–Trinajstić information content (AvgIpc) is 3.13. The number of aryl methyl sites for hydroxylation is 1. The minimum Gasteiger partial charge on any atom is -0.338 e. The lowest BCUT2D eigenvalue weighted by molar-refractivity contribution is -0.128. The second-order valence-corrected chi connectivity index (χ2v) is 7.91. The number of anilines is 1. The lowest BCUT2D eigenvalue weighted by Crippen LogP contribution is -2.37. The number of carbonyl (C=O) groups excluding carboxylic acids is 2. The van der Waals surface area contributed by atoms with E-state index in [1.165, 1.54) is 5.56 Å². The maximum Gasteiger partial charge on any atom is 0.232 e. The molecule has 1 saturated heterocycles. The van der Waals surface area contributed by atoms with Crippen molar-refractivity contribution in [2.75, 3.05) is 11.4 Å². The fourth-order valence-corrected chi connectivity index (χ4v) is 4.01. The Bertz CT molecular complexity index is 1020. The molecule has 2 amide bonds. The minimum absolute atomic E-state index is 0.00476. The highest BCUT2D eigenvalue weighted by Crippen LogP contribution is 2.26. The number of rotatable bonds is 6. The van der Waals surface area contributed by atoms with Gasteiger partial charge in [-0.25, -0.2) is 0 Å². The summed E-state index contributed by atoms with van der Waals surface area (Å²) in [5.41, 5.74) is 4.19. The van der Waals surface area contributed by atoms with Gasteiger partial charge < -0.3 is 9.80 Å². The number of carbonyl (C=O) groups is 2. The molecule has 3 aromatic carbocycles. The maximum absolute atomic E-state index is 13.5. The van der Waals surface area contributed by atoms with Crippen LogP contribution in [0.1, 0.15) is 23.1 Å². The van der Waals surface area contributed by atoms with E-state index in [4.69, 9.17) is 0 Å². The number of benzene rings is 3. The molecule has 152 valence electrons. The standard InChI is InChI=1S/C26H26N2O2/c1-20-9-8-12-22(15-20)17-27-19-23(16-25(27)29)26(30)28(24-13-6-3-7-14-24)18-21-10-4-2-5-11-21/h2-15,23H,16-19H2,1H3. The Morgan fingerprint density at radius 3 is 2.30 bits per heavy atom. The summed E-state index contributed by atoms with van der Waals surface area (Å²) in [6.45, 7) is 3.55. The highest BCUT2D eigenvalue weighted by Gasteiger charge is 2.37. The molecule has 1 heterocycles. The molecule has 1 aliphatic heterocycles. The van der Waals surface area contributed by atoms with Gasteiger partial charge in [0, 0.05) is 25.2 Å². The normalized spacial score (nSPS) is 16.0. The second-order valence-electron chi connectivity index (χ2n) is 7.91. The first-order valence-electron chi connectivity index (χ1n) is 10.3. The molecule has 30 heavy (non-hydrogen) atoms. The monoisotopic (exact) mass is 398 g/mol. The molecule has 0 aromatic heterocycles. The van der Waals surface area contributed by atoms with Crippen molar-refractivity contribution in [2.45, 2.75) is 26.4 Å². The van der Waals surface area contributed by atoms with E-state index in [1.54, 1.807) is 0 Å². The van der Waals surface area contributed by atoms with E-state index in [-0.39, 0.29) is 24.2 Å². The zero-order valence-corrected chi connectivity index (χ0v) is 17.2. The topological polar surface area (TPSA) is 40.6 Å². The van der Waals surface area contributed by atoms with E-state index in [9.17, 15) is 9.59 Å². The van der Waals surface area contributed by atoms with Crippen LogP contribution in [0.4, 0.5) is 5.69 Å². The van der Waals surface area contributed by atoms with Gasteiger partial charge in [0.2, 0.25) is 11.8 Å². The Labute approximate surface area is 177 Å². The van der Waals surface area contributed by atoms with Crippen LogP contribution in [0.25, 0.3) is 0 Å². The first kappa shape index (κ1) is 19.9. The van der Waals surface area contributed by atoms with E-state index in [0.717, 1.165) is 16.8 Å². The van der Waals surface area contributed by atoms with Crippen molar-refractivity contribution in [3.63, 3.8) is 0 Å². The zero-order chi connectivity index (χ0) is 20.9. The fraction of sp³-hybridized carbons (Fsp3) is 0.231. The van der Waals surface area contributed by atoms with Gasteiger partial charge in [-0.2, -0.15) is 0 Å². The lowest BCUT2D eigenvalue weighted by Gasteiger charge is -2.26. The third-order valence-corrected chi connectivity index (χ3v) is 5.54. The fourth-order valence-electron chi connectivity index (χ4n) is 4.01. The molecule has 1 unspecified atom stereocenters. The van der Waals surface area contributed by atoms with Gasteiger partial charge in [-0.1, -0.05) is 78.4 Å². The maximum atomic E-state index is 13.5. The number of nitrogens with zero attached hydrogens (tertiary/aromatic N) is 2. The third kappa shape index (κ3) is 4.60. The highest BCUT2D eigenvalue weighted by atomic mass is 16.2. The minimum atomic E-state index is -0.328. The molecular weight excluding hydrogens is 372 g/mol. The predicted octanol–water partition coefficient (Wildman–Crippen LogP) is 4.58. The van der Waals surface area contributed by atoms with Crippen LogP contribution in [0.5, 0.6) is 0 Å². The molecule has 0 bridgehead atoms. The Balaban J connectivity index is 1.52. The van der Waals surface area contributed by atoms with Crippen molar-refractivity contribution in [1.82, 2.24) is 4.90 Å². The van der Waals surface area contributed by atoms with Gasteiger partial charge in [0.15, 0.2) is 0 Å². The van der Waals surface area contributed by atoms with Crippen LogP contribution < -0.4 is 4.90 Å². The summed E-state index contributed by atoms with van der Waals surface area (Å²) in [7, 11) is 0. The summed E-state index contributed by atoms with van der Waals surface area (Å²) >= 11 is 0. The van der Waals surface area contributed by atoms with Crippen LogP contribution in [0.15, 0.2) is 84.9 Å². The van der Waals surface area contributed by atoms with E-state index in [0.29, 0.717) is 19.6 Å². The molecule has 0 radical (unpaired) electrons. The smallest absolute Gasteiger partial charge is 0.232 e. The van der Waals surface area contributed by atoms with Crippen LogP contribution in [0.3, 0.4) is 0 Å². The van der Waals surface area contributed by atoms with Gasteiger partial charge in [-0.3, -0.25) is 9.59 Å². The summed E-state index contributed by atoms with van der Waals surface area (Å²) in [5.74, 6) is -0.279. The quantitative estimate of drug-likeness (QED) is 0.610. The van der Waals surface area contributed by atoms with E-state index < -0.39 is 0 Å². The van der Waals surface area contributed by atoms with E-state index in [2.05, 4.69) is 6.07 Å². The number of hydrogen-bond donors (Lipinski definition) is 0. The predicted molar refractivity (Wildman–Crippen MR) is 119 cm³/mol. The summed E-state index contributed by atoms with van der Waals surface area (Å²) < 4.78 is 0. The van der Waals surface area contributed by atoms with Crippen molar-refractivity contribution in [2.24, 2.45) is 5.92 Å². The van der Waals surface area contributed by atoms with Gasteiger partial charge in [-0.15, -0.1) is 0 Å². The average molecular weight is 399 g/mol. The van der Waals surface area contributed by atoms with Crippen LogP contribution in [-0.4, -0.2) is 23.3 Å². The number of hydrogen-bond acceptors (Lipinski definition) is 2. The molecule has 4 rings (SSSR count). The molecule has 4 nitrogen and oxygen atoms in total. The molecule has 0 aliphatic carbocycles. The summed E-state index contributed by atoms with van der Waals surface area (Å²) in [4.78, 5) is 29.8. The molecule has 1 aliphatic rings. The van der Waals surface area contributed by atoms with Gasteiger partial charge in [0.25, 0.3) is 0 Å². The third-order valence-electron chi connectivity index (χ3n) is 5.54. The van der Waals surface area contributed by atoms with Gasteiger partial charge in [-0.05, 0) is 30.2 Å².